The average molecular weight is 225 g/mol. The van der Waals surface area contributed by atoms with Crippen molar-refractivity contribution >= 4 is 23.3 Å². The van der Waals surface area contributed by atoms with Gasteiger partial charge in [0.15, 0.2) is 0 Å². The molecular formula is C11H19N3S. The van der Waals surface area contributed by atoms with E-state index in [0.717, 1.165) is 17.3 Å². The van der Waals surface area contributed by atoms with Crippen LogP contribution in [0.3, 0.4) is 0 Å². The Hall–Kier alpha value is -0.900. The maximum absolute atomic E-state index is 4.17. The SMILES string of the molecule is CCSCC(C)Nc1ccnc(NC)c1. The third-order valence-corrected chi connectivity index (χ3v) is 3.15. The van der Waals surface area contributed by atoms with Gasteiger partial charge in [-0.3, -0.25) is 0 Å². The quantitative estimate of drug-likeness (QED) is 0.780. The number of aromatic nitrogens is 1. The summed E-state index contributed by atoms with van der Waals surface area (Å²) in [5.41, 5.74) is 1.12. The van der Waals surface area contributed by atoms with Gasteiger partial charge in [-0.25, -0.2) is 4.98 Å². The molecular weight excluding hydrogens is 206 g/mol. The minimum absolute atomic E-state index is 0.488. The predicted molar refractivity (Wildman–Crippen MR) is 69.9 cm³/mol. The van der Waals surface area contributed by atoms with Crippen LogP contribution >= 0.6 is 11.8 Å². The number of hydrogen-bond acceptors (Lipinski definition) is 4. The zero-order valence-corrected chi connectivity index (χ0v) is 10.4. The van der Waals surface area contributed by atoms with Crippen LogP contribution < -0.4 is 10.6 Å². The normalized spacial score (nSPS) is 12.2. The summed E-state index contributed by atoms with van der Waals surface area (Å²) in [5.74, 6) is 3.20. The standard InChI is InChI=1S/C11H19N3S/c1-4-15-8-9(2)14-10-5-6-13-11(7-10)12-3/h5-7,9H,4,8H2,1-3H3,(H2,12,13,14). The first-order valence-corrected chi connectivity index (χ1v) is 6.39. The van der Waals surface area contributed by atoms with E-state index in [1.807, 2.05) is 37.1 Å². The van der Waals surface area contributed by atoms with Crippen molar-refractivity contribution in [3.05, 3.63) is 18.3 Å². The molecule has 3 nitrogen and oxygen atoms in total. The lowest BCUT2D eigenvalue weighted by Crippen LogP contribution is -2.18. The largest absolute Gasteiger partial charge is 0.382 e. The van der Waals surface area contributed by atoms with E-state index in [1.165, 1.54) is 5.75 Å². The molecule has 0 bridgehead atoms. The number of pyridine rings is 1. The zero-order chi connectivity index (χ0) is 11.1. The molecule has 1 atom stereocenters. The summed E-state index contributed by atoms with van der Waals surface area (Å²) < 4.78 is 0. The first-order chi connectivity index (χ1) is 7.26. The second kappa shape index (κ2) is 6.56. The summed E-state index contributed by atoms with van der Waals surface area (Å²) in [5, 5.41) is 6.48. The van der Waals surface area contributed by atoms with Crippen LogP contribution in [0.2, 0.25) is 0 Å². The van der Waals surface area contributed by atoms with Gasteiger partial charge in [0, 0.05) is 36.8 Å². The van der Waals surface area contributed by atoms with E-state index in [2.05, 4.69) is 29.5 Å². The van der Waals surface area contributed by atoms with Crippen molar-refractivity contribution in [3.63, 3.8) is 0 Å². The molecule has 0 saturated heterocycles. The molecule has 1 aromatic heterocycles. The monoisotopic (exact) mass is 225 g/mol. The minimum Gasteiger partial charge on any atom is -0.382 e. The van der Waals surface area contributed by atoms with Gasteiger partial charge in [-0.05, 0) is 18.7 Å². The third-order valence-electron chi connectivity index (χ3n) is 2.00. The van der Waals surface area contributed by atoms with Gasteiger partial charge in [-0.2, -0.15) is 11.8 Å². The van der Waals surface area contributed by atoms with Crippen LogP contribution in [0.4, 0.5) is 11.5 Å². The molecule has 84 valence electrons. The maximum Gasteiger partial charge on any atom is 0.127 e. The minimum atomic E-state index is 0.488. The molecule has 1 rings (SSSR count). The maximum atomic E-state index is 4.17. The highest BCUT2D eigenvalue weighted by Gasteiger charge is 2.01. The molecule has 4 heteroatoms. The summed E-state index contributed by atoms with van der Waals surface area (Å²) in [4.78, 5) is 4.17. The zero-order valence-electron chi connectivity index (χ0n) is 9.58. The van der Waals surface area contributed by atoms with Gasteiger partial charge in [0.2, 0.25) is 0 Å². The lowest BCUT2D eigenvalue weighted by Gasteiger charge is -2.14. The fourth-order valence-corrected chi connectivity index (χ4v) is 1.95. The van der Waals surface area contributed by atoms with Gasteiger partial charge < -0.3 is 10.6 Å². The fraction of sp³-hybridized carbons (Fsp3) is 0.545. The number of nitrogens with one attached hydrogen (secondary N) is 2. The fourth-order valence-electron chi connectivity index (χ4n) is 1.28. The molecule has 2 N–H and O–H groups in total. The first kappa shape index (κ1) is 12.2. The van der Waals surface area contributed by atoms with Crippen LogP contribution in [0.15, 0.2) is 18.3 Å². The topological polar surface area (TPSA) is 37.0 Å². The van der Waals surface area contributed by atoms with Gasteiger partial charge in [-0.15, -0.1) is 0 Å². The molecule has 1 aromatic rings. The van der Waals surface area contributed by atoms with Crippen LogP contribution in [-0.2, 0) is 0 Å². The van der Waals surface area contributed by atoms with E-state index in [4.69, 9.17) is 0 Å². The van der Waals surface area contributed by atoms with Crippen molar-refractivity contribution in [2.24, 2.45) is 0 Å². The van der Waals surface area contributed by atoms with Gasteiger partial charge in [0.05, 0.1) is 0 Å². The second-order valence-electron chi connectivity index (χ2n) is 3.38. The number of anilines is 2. The van der Waals surface area contributed by atoms with Crippen LogP contribution in [-0.4, -0.2) is 29.6 Å². The molecule has 0 saturated carbocycles. The first-order valence-electron chi connectivity index (χ1n) is 5.24. The van der Waals surface area contributed by atoms with E-state index >= 15 is 0 Å². The number of hydrogen-bond donors (Lipinski definition) is 2. The molecule has 15 heavy (non-hydrogen) atoms. The Morgan fingerprint density at radius 1 is 1.53 bits per heavy atom. The van der Waals surface area contributed by atoms with Crippen molar-refractivity contribution in [1.29, 1.82) is 0 Å². The Balaban J connectivity index is 2.48. The molecule has 0 aliphatic carbocycles. The molecule has 0 spiro atoms. The molecule has 0 aromatic carbocycles. The van der Waals surface area contributed by atoms with E-state index in [-0.39, 0.29) is 0 Å². The van der Waals surface area contributed by atoms with Gasteiger partial charge in [0.1, 0.15) is 5.82 Å². The predicted octanol–water partition coefficient (Wildman–Crippen LogP) is 2.68. The van der Waals surface area contributed by atoms with E-state index in [9.17, 15) is 0 Å². The van der Waals surface area contributed by atoms with Crippen molar-refractivity contribution in [3.8, 4) is 0 Å². The van der Waals surface area contributed by atoms with Crippen molar-refractivity contribution in [2.45, 2.75) is 19.9 Å². The van der Waals surface area contributed by atoms with Gasteiger partial charge in [0.25, 0.3) is 0 Å². The molecule has 1 heterocycles. The smallest absolute Gasteiger partial charge is 0.127 e. The molecule has 0 aliphatic heterocycles. The highest BCUT2D eigenvalue weighted by molar-refractivity contribution is 7.99. The number of nitrogens with zero attached hydrogens (tertiary/aromatic N) is 1. The lowest BCUT2D eigenvalue weighted by atomic mass is 10.3. The van der Waals surface area contributed by atoms with Crippen LogP contribution in [0.1, 0.15) is 13.8 Å². The summed E-state index contributed by atoms with van der Waals surface area (Å²) in [6.45, 7) is 4.38. The third kappa shape index (κ3) is 4.42. The Bertz CT molecular complexity index is 291. The van der Waals surface area contributed by atoms with Gasteiger partial charge >= 0.3 is 0 Å². The van der Waals surface area contributed by atoms with Crippen LogP contribution in [0.5, 0.6) is 0 Å². The number of thioether (sulfide) groups is 1. The highest BCUT2D eigenvalue weighted by atomic mass is 32.2. The summed E-state index contributed by atoms with van der Waals surface area (Å²) in [6.07, 6.45) is 1.81. The Morgan fingerprint density at radius 2 is 2.33 bits per heavy atom. The molecule has 0 radical (unpaired) electrons. The Labute approximate surface area is 96.1 Å². The second-order valence-corrected chi connectivity index (χ2v) is 4.70. The molecule has 0 amide bonds. The lowest BCUT2D eigenvalue weighted by molar-refractivity contribution is 0.912. The number of rotatable bonds is 6. The van der Waals surface area contributed by atoms with E-state index in [1.54, 1.807) is 0 Å². The van der Waals surface area contributed by atoms with E-state index in [0.29, 0.717) is 6.04 Å². The highest BCUT2D eigenvalue weighted by Crippen LogP contribution is 2.13. The average Bonchev–Trinajstić information content (AvgIpc) is 2.26. The Kier molecular flexibility index (Phi) is 5.32. The Morgan fingerprint density at radius 3 is 3.00 bits per heavy atom. The summed E-state index contributed by atoms with van der Waals surface area (Å²) in [6, 6.07) is 4.50. The van der Waals surface area contributed by atoms with E-state index < -0.39 is 0 Å². The molecule has 0 aliphatic rings. The molecule has 1 unspecified atom stereocenters. The van der Waals surface area contributed by atoms with Crippen LogP contribution in [0, 0.1) is 0 Å². The van der Waals surface area contributed by atoms with Crippen molar-refractivity contribution in [2.75, 3.05) is 29.2 Å². The molecule has 0 fully saturated rings. The van der Waals surface area contributed by atoms with Crippen molar-refractivity contribution < 1.29 is 0 Å². The van der Waals surface area contributed by atoms with Crippen LogP contribution in [0.25, 0.3) is 0 Å². The summed E-state index contributed by atoms with van der Waals surface area (Å²) >= 11 is 1.95. The summed E-state index contributed by atoms with van der Waals surface area (Å²) in [7, 11) is 1.88. The van der Waals surface area contributed by atoms with Gasteiger partial charge in [-0.1, -0.05) is 6.92 Å². The van der Waals surface area contributed by atoms with Crippen molar-refractivity contribution in [1.82, 2.24) is 4.98 Å².